The molecule has 0 N–H and O–H groups in total. The molecular weight excluding hydrogens is 220 g/mol. The van der Waals surface area contributed by atoms with Crippen LogP contribution in [0.1, 0.15) is 26.1 Å². The molecule has 0 saturated carbocycles. The van der Waals surface area contributed by atoms with Crippen molar-refractivity contribution >= 4 is 5.97 Å². The Hall–Kier alpha value is -1.90. The van der Waals surface area contributed by atoms with E-state index in [1.165, 1.54) is 6.33 Å². The SMILES string of the molecule is CCCn1ncnc1CC(C#N)C(=O)OCC. The zero-order valence-corrected chi connectivity index (χ0v) is 10.1. The number of carbonyl (C=O) groups excluding carboxylic acids is 1. The second kappa shape index (κ2) is 6.63. The quantitative estimate of drug-likeness (QED) is 0.686. The number of rotatable bonds is 6. The second-order valence-electron chi connectivity index (χ2n) is 3.54. The topological polar surface area (TPSA) is 80.8 Å². The zero-order chi connectivity index (χ0) is 12.7. The number of nitriles is 1. The molecule has 0 aliphatic carbocycles. The fourth-order valence-corrected chi connectivity index (χ4v) is 1.45. The molecule has 1 atom stereocenters. The Bertz CT molecular complexity index is 408. The van der Waals surface area contributed by atoms with Crippen LogP contribution in [0.4, 0.5) is 0 Å². The van der Waals surface area contributed by atoms with Gasteiger partial charge in [0.05, 0.1) is 12.7 Å². The molecule has 1 aromatic rings. The van der Waals surface area contributed by atoms with E-state index in [0.29, 0.717) is 5.82 Å². The summed E-state index contributed by atoms with van der Waals surface area (Å²) in [5, 5.41) is 13.0. The molecule has 6 heteroatoms. The van der Waals surface area contributed by atoms with Gasteiger partial charge >= 0.3 is 5.97 Å². The highest BCUT2D eigenvalue weighted by molar-refractivity contribution is 5.75. The fourth-order valence-electron chi connectivity index (χ4n) is 1.45. The first-order chi connectivity index (χ1) is 8.22. The van der Waals surface area contributed by atoms with E-state index in [1.807, 2.05) is 13.0 Å². The number of hydrogen-bond acceptors (Lipinski definition) is 5. The van der Waals surface area contributed by atoms with Gasteiger partial charge in [-0.1, -0.05) is 6.92 Å². The van der Waals surface area contributed by atoms with Crippen LogP contribution < -0.4 is 0 Å². The van der Waals surface area contributed by atoms with Crippen molar-refractivity contribution < 1.29 is 9.53 Å². The van der Waals surface area contributed by atoms with Crippen LogP contribution in [0.3, 0.4) is 0 Å². The number of hydrogen-bond donors (Lipinski definition) is 0. The van der Waals surface area contributed by atoms with Gasteiger partial charge in [-0.15, -0.1) is 0 Å². The van der Waals surface area contributed by atoms with Gasteiger partial charge in [-0.05, 0) is 13.3 Å². The normalized spacial score (nSPS) is 11.8. The van der Waals surface area contributed by atoms with E-state index in [2.05, 4.69) is 10.1 Å². The Labute approximate surface area is 100 Å². The molecule has 0 aliphatic heterocycles. The minimum Gasteiger partial charge on any atom is -0.465 e. The molecule has 0 fully saturated rings. The molecule has 0 spiro atoms. The molecule has 17 heavy (non-hydrogen) atoms. The van der Waals surface area contributed by atoms with Crippen molar-refractivity contribution in [3.8, 4) is 6.07 Å². The molecule has 1 rings (SSSR count). The van der Waals surface area contributed by atoms with E-state index in [-0.39, 0.29) is 13.0 Å². The van der Waals surface area contributed by atoms with Crippen LogP contribution in [0.25, 0.3) is 0 Å². The smallest absolute Gasteiger partial charge is 0.323 e. The summed E-state index contributed by atoms with van der Waals surface area (Å²) in [7, 11) is 0. The maximum absolute atomic E-state index is 11.5. The highest BCUT2D eigenvalue weighted by Crippen LogP contribution is 2.08. The first-order valence-corrected chi connectivity index (χ1v) is 5.65. The summed E-state index contributed by atoms with van der Waals surface area (Å²) in [4.78, 5) is 15.5. The Balaban J connectivity index is 2.71. The van der Waals surface area contributed by atoms with Gasteiger partial charge in [-0.3, -0.25) is 9.48 Å². The molecule has 0 amide bonds. The molecule has 1 unspecified atom stereocenters. The van der Waals surface area contributed by atoms with Crippen molar-refractivity contribution in [2.24, 2.45) is 5.92 Å². The molecule has 6 nitrogen and oxygen atoms in total. The van der Waals surface area contributed by atoms with Crippen molar-refractivity contribution in [2.75, 3.05) is 6.61 Å². The standard InChI is InChI=1S/C11H16N4O2/c1-3-5-15-10(13-8-14-15)6-9(7-12)11(16)17-4-2/h8-9H,3-6H2,1-2H3. The highest BCUT2D eigenvalue weighted by Gasteiger charge is 2.22. The summed E-state index contributed by atoms with van der Waals surface area (Å²) < 4.78 is 6.54. The minimum atomic E-state index is -0.810. The van der Waals surface area contributed by atoms with Crippen molar-refractivity contribution in [1.29, 1.82) is 5.26 Å². The number of nitrogens with zero attached hydrogens (tertiary/aromatic N) is 4. The second-order valence-corrected chi connectivity index (χ2v) is 3.54. The summed E-state index contributed by atoms with van der Waals surface area (Å²) in [6, 6.07) is 1.94. The summed E-state index contributed by atoms with van der Waals surface area (Å²) >= 11 is 0. The van der Waals surface area contributed by atoms with Crippen LogP contribution in [-0.4, -0.2) is 27.3 Å². The zero-order valence-electron chi connectivity index (χ0n) is 10.1. The van der Waals surface area contributed by atoms with Crippen LogP contribution in [0.15, 0.2) is 6.33 Å². The van der Waals surface area contributed by atoms with Gasteiger partial charge in [0, 0.05) is 13.0 Å². The molecule has 0 bridgehead atoms. The predicted octanol–water partition coefficient (Wildman–Crippen LogP) is 0.933. The van der Waals surface area contributed by atoms with E-state index in [1.54, 1.807) is 11.6 Å². The van der Waals surface area contributed by atoms with Crippen molar-refractivity contribution in [2.45, 2.75) is 33.2 Å². The lowest BCUT2D eigenvalue weighted by molar-refractivity contribution is -0.146. The lowest BCUT2D eigenvalue weighted by Gasteiger charge is -2.08. The summed E-state index contributed by atoms with van der Waals surface area (Å²) in [6.07, 6.45) is 2.60. The third-order valence-electron chi connectivity index (χ3n) is 2.24. The van der Waals surface area contributed by atoms with Crippen molar-refractivity contribution in [1.82, 2.24) is 14.8 Å². The molecule has 0 radical (unpaired) electrons. The van der Waals surface area contributed by atoms with E-state index >= 15 is 0 Å². The third kappa shape index (κ3) is 3.55. The molecule has 0 aliphatic rings. The number of aryl methyl sites for hydroxylation is 1. The van der Waals surface area contributed by atoms with Crippen molar-refractivity contribution in [3.05, 3.63) is 12.2 Å². The van der Waals surface area contributed by atoms with Gasteiger partial charge in [-0.2, -0.15) is 10.4 Å². The van der Waals surface area contributed by atoms with E-state index in [9.17, 15) is 4.79 Å². The molecule has 0 saturated heterocycles. The lowest BCUT2D eigenvalue weighted by Crippen LogP contribution is -2.20. The van der Waals surface area contributed by atoms with Gasteiger partial charge < -0.3 is 4.74 Å². The van der Waals surface area contributed by atoms with Gasteiger partial charge in [0.2, 0.25) is 0 Å². The average molecular weight is 236 g/mol. The van der Waals surface area contributed by atoms with Crippen LogP contribution in [0, 0.1) is 17.2 Å². The Morgan fingerprint density at radius 3 is 3.00 bits per heavy atom. The van der Waals surface area contributed by atoms with Crippen LogP contribution in [0.2, 0.25) is 0 Å². The molecular formula is C11H16N4O2. The van der Waals surface area contributed by atoms with Gasteiger partial charge in [0.25, 0.3) is 0 Å². The third-order valence-corrected chi connectivity index (χ3v) is 2.24. The molecule has 0 aromatic carbocycles. The monoisotopic (exact) mass is 236 g/mol. The first kappa shape index (κ1) is 13.2. The number of esters is 1. The van der Waals surface area contributed by atoms with E-state index in [0.717, 1.165) is 13.0 Å². The van der Waals surface area contributed by atoms with Crippen molar-refractivity contribution in [3.63, 3.8) is 0 Å². The summed E-state index contributed by atoms with van der Waals surface area (Å²) in [5.41, 5.74) is 0. The Morgan fingerprint density at radius 2 is 2.41 bits per heavy atom. The summed E-state index contributed by atoms with van der Waals surface area (Å²) in [5.74, 6) is -0.665. The summed E-state index contributed by atoms with van der Waals surface area (Å²) in [6.45, 7) is 4.75. The number of ether oxygens (including phenoxy) is 1. The largest absolute Gasteiger partial charge is 0.465 e. The maximum atomic E-state index is 11.5. The minimum absolute atomic E-state index is 0.245. The number of carbonyl (C=O) groups is 1. The van der Waals surface area contributed by atoms with Crippen LogP contribution in [0.5, 0.6) is 0 Å². The Morgan fingerprint density at radius 1 is 1.65 bits per heavy atom. The van der Waals surface area contributed by atoms with Gasteiger partial charge in [0.15, 0.2) is 5.92 Å². The van der Waals surface area contributed by atoms with E-state index < -0.39 is 11.9 Å². The van der Waals surface area contributed by atoms with Gasteiger partial charge in [-0.25, -0.2) is 4.98 Å². The number of aromatic nitrogens is 3. The predicted molar refractivity (Wildman–Crippen MR) is 59.8 cm³/mol. The van der Waals surface area contributed by atoms with E-state index in [4.69, 9.17) is 10.00 Å². The highest BCUT2D eigenvalue weighted by atomic mass is 16.5. The molecule has 1 aromatic heterocycles. The maximum Gasteiger partial charge on any atom is 0.323 e. The first-order valence-electron chi connectivity index (χ1n) is 5.65. The van der Waals surface area contributed by atoms with Crippen LogP contribution in [-0.2, 0) is 22.5 Å². The molecule has 92 valence electrons. The van der Waals surface area contributed by atoms with Gasteiger partial charge in [0.1, 0.15) is 12.2 Å². The van der Waals surface area contributed by atoms with Crippen LogP contribution >= 0.6 is 0 Å². The Kier molecular flexibility index (Phi) is 5.14. The lowest BCUT2D eigenvalue weighted by atomic mass is 10.1. The average Bonchev–Trinajstić information content (AvgIpc) is 2.74. The fraction of sp³-hybridized carbons (Fsp3) is 0.636. The molecule has 1 heterocycles.